The topological polar surface area (TPSA) is 112 Å². The fourth-order valence-electron chi connectivity index (χ4n) is 3.51. The minimum Gasteiger partial charge on any atom is -0.469 e. The molecule has 0 aromatic rings. The first kappa shape index (κ1) is 22.9. The Bertz CT molecular complexity index is 706. The van der Waals surface area contributed by atoms with E-state index in [1.54, 1.807) is 0 Å². The molecule has 0 aromatic carbocycles. The Morgan fingerprint density at radius 2 is 2.00 bits per heavy atom. The summed E-state index contributed by atoms with van der Waals surface area (Å²) in [6, 6.07) is 1.97. The molecular weight excluding hydrogens is 407 g/mol. The van der Waals surface area contributed by atoms with Gasteiger partial charge in [0.05, 0.1) is 38.1 Å². The Morgan fingerprint density at radius 1 is 1.29 bits per heavy atom. The predicted octanol–water partition coefficient (Wildman–Crippen LogP) is 2.18. The highest BCUT2D eigenvalue weighted by Gasteiger charge is 2.56. The number of ether oxygens (including phenoxy) is 3. The number of alkyl halides is 3. The molecule has 0 aliphatic carbocycles. The summed E-state index contributed by atoms with van der Waals surface area (Å²) in [4.78, 5) is 11.3. The molecule has 2 fully saturated rings. The molecule has 4 atom stereocenters. The summed E-state index contributed by atoms with van der Waals surface area (Å²) in [5.41, 5.74) is -6.94. The van der Waals surface area contributed by atoms with Gasteiger partial charge in [-0.15, -0.1) is 0 Å². The largest absolute Gasteiger partial charge is 0.523 e. The van der Waals surface area contributed by atoms with Crippen LogP contribution in [-0.4, -0.2) is 57.5 Å². The van der Waals surface area contributed by atoms with Crippen molar-refractivity contribution in [3.05, 3.63) is 0 Å². The summed E-state index contributed by atoms with van der Waals surface area (Å²) in [5.74, 6) is -0.462. The van der Waals surface area contributed by atoms with Crippen LogP contribution >= 0.6 is 0 Å². The number of fused-ring (bicyclic) bond motifs is 1. The van der Waals surface area contributed by atoms with Crippen LogP contribution in [0.3, 0.4) is 0 Å². The van der Waals surface area contributed by atoms with Crippen molar-refractivity contribution >= 4 is 16.1 Å². The average molecular weight is 429 g/mol. The molecule has 2 heterocycles. The smallest absolute Gasteiger partial charge is 0.469 e. The fourth-order valence-corrected chi connectivity index (χ4v) is 4.00. The zero-order valence-corrected chi connectivity index (χ0v) is 16.1. The van der Waals surface area contributed by atoms with Gasteiger partial charge in [0.15, 0.2) is 0 Å². The second kappa shape index (κ2) is 8.94. The van der Waals surface area contributed by atoms with Gasteiger partial charge in [-0.3, -0.25) is 8.98 Å². The van der Waals surface area contributed by atoms with Gasteiger partial charge in [0.25, 0.3) is 0 Å². The first-order valence-electron chi connectivity index (χ1n) is 8.76. The van der Waals surface area contributed by atoms with Crippen LogP contribution in [0.25, 0.3) is 0 Å². The van der Waals surface area contributed by atoms with Crippen molar-refractivity contribution in [2.45, 2.75) is 74.4 Å². The zero-order valence-electron chi connectivity index (χ0n) is 15.2. The average Bonchev–Trinajstić information content (AvgIpc) is 3.00. The maximum atomic E-state index is 12.6. The van der Waals surface area contributed by atoms with Crippen LogP contribution in [0.15, 0.2) is 0 Å². The lowest BCUT2D eigenvalue weighted by molar-refractivity contribution is -0.181. The van der Waals surface area contributed by atoms with E-state index in [1.807, 2.05) is 6.07 Å². The maximum Gasteiger partial charge on any atom is 0.523 e. The van der Waals surface area contributed by atoms with Gasteiger partial charge in [-0.25, -0.2) is 0 Å². The summed E-state index contributed by atoms with van der Waals surface area (Å²) in [5, 5.41) is 8.73. The minimum atomic E-state index is -5.78. The number of rotatable bonds is 8. The molecule has 160 valence electrons. The highest BCUT2D eigenvalue weighted by Crippen LogP contribution is 2.44. The van der Waals surface area contributed by atoms with Crippen molar-refractivity contribution in [2.75, 3.05) is 13.7 Å². The van der Waals surface area contributed by atoms with E-state index < -0.39 is 52.1 Å². The van der Waals surface area contributed by atoms with E-state index in [0.717, 1.165) is 0 Å². The molecule has 0 bridgehead atoms. The van der Waals surface area contributed by atoms with E-state index in [1.165, 1.54) is 7.11 Å². The Morgan fingerprint density at radius 3 is 2.61 bits per heavy atom. The summed E-state index contributed by atoms with van der Waals surface area (Å²) >= 11 is 0. The van der Waals surface area contributed by atoms with Gasteiger partial charge < -0.3 is 14.2 Å². The molecule has 0 radical (unpaired) electrons. The van der Waals surface area contributed by atoms with Crippen LogP contribution in [0.1, 0.15) is 44.9 Å². The van der Waals surface area contributed by atoms with Crippen LogP contribution in [0.5, 0.6) is 0 Å². The quantitative estimate of drug-likeness (QED) is 0.328. The van der Waals surface area contributed by atoms with Gasteiger partial charge in [-0.1, -0.05) is 0 Å². The first-order chi connectivity index (χ1) is 13.0. The highest BCUT2D eigenvalue weighted by molar-refractivity contribution is 7.87. The van der Waals surface area contributed by atoms with Crippen molar-refractivity contribution in [1.29, 1.82) is 5.26 Å². The second-order valence-corrected chi connectivity index (χ2v) is 8.41. The number of carbonyl (C=O) groups excluding carboxylic acids is 1. The van der Waals surface area contributed by atoms with Gasteiger partial charge in [0.1, 0.15) is 5.60 Å². The van der Waals surface area contributed by atoms with Crippen LogP contribution in [0, 0.1) is 11.3 Å². The van der Waals surface area contributed by atoms with Gasteiger partial charge in [0.2, 0.25) is 0 Å². The number of methoxy groups -OCH3 is 1. The zero-order chi connectivity index (χ0) is 21.0. The van der Waals surface area contributed by atoms with Crippen molar-refractivity contribution in [2.24, 2.45) is 0 Å². The Kier molecular flexibility index (Phi) is 7.30. The molecule has 28 heavy (non-hydrogen) atoms. The number of carbonyl (C=O) groups is 1. The first-order valence-corrected chi connectivity index (χ1v) is 10.2. The highest BCUT2D eigenvalue weighted by atomic mass is 32.2. The maximum absolute atomic E-state index is 12.6. The standard InChI is InChI=1S/C16H22F3NO7S/c1-24-14(21)7-5-12-9-15(10-25-28(22,23)16(17,18)19)13(26-12)6-4-11(27-15)3-2-8-20/h11-13H,2-7,9-10H2,1H3/t11-,12-,13?,15?/m0/s1. The summed E-state index contributed by atoms with van der Waals surface area (Å²) in [6.45, 7) is -0.850. The molecule has 2 aliphatic rings. The molecule has 2 unspecified atom stereocenters. The van der Waals surface area contributed by atoms with E-state index in [9.17, 15) is 26.4 Å². The number of nitriles is 1. The summed E-state index contributed by atoms with van der Waals surface area (Å²) < 4.78 is 81.1. The van der Waals surface area contributed by atoms with E-state index >= 15 is 0 Å². The molecule has 2 saturated heterocycles. The van der Waals surface area contributed by atoms with Crippen LogP contribution in [0.4, 0.5) is 13.2 Å². The molecule has 0 N–H and O–H groups in total. The van der Waals surface area contributed by atoms with Gasteiger partial charge >= 0.3 is 21.6 Å². The molecule has 0 aromatic heterocycles. The molecule has 12 heteroatoms. The SMILES string of the molecule is COC(=O)CC[C@H]1CC2(COS(=O)(=O)C(F)(F)F)O[C@@H](CCC#N)CCC2O1. The second-order valence-electron chi connectivity index (χ2n) is 6.81. The number of hydrogen-bond acceptors (Lipinski definition) is 8. The van der Waals surface area contributed by atoms with Crippen molar-refractivity contribution in [3.63, 3.8) is 0 Å². The number of nitrogens with zero attached hydrogens (tertiary/aromatic N) is 1. The number of hydrogen-bond donors (Lipinski definition) is 0. The molecule has 0 spiro atoms. The fraction of sp³-hybridized carbons (Fsp3) is 0.875. The van der Waals surface area contributed by atoms with Crippen LogP contribution < -0.4 is 0 Å². The predicted molar refractivity (Wildman–Crippen MR) is 87.1 cm³/mol. The van der Waals surface area contributed by atoms with E-state index in [0.29, 0.717) is 19.3 Å². The van der Waals surface area contributed by atoms with Gasteiger partial charge in [0, 0.05) is 19.3 Å². The lowest BCUT2D eigenvalue weighted by Crippen LogP contribution is -2.52. The lowest BCUT2D eigenvalue weighted by Gasteiger charge is -2.41. The van der Waals surface area contributed by atoms with Crippen molar-refractivity contribution < 1.29 is 44.8 Å². The molecule has 8 nitrogen and oxygen atoms in total. The molecule has 2 aliphatic heterocycles. The normalized spacial score (nSPS) is 30.5. The van der Waals surface area contributed by atoms with Crippen LogP contribution in [-0.2, 0) is 33.3 Å². The Hall–Kier alpha value is -1.42. The summed E-state index contributed by atoms with van der Waals surface area (Å²) in [7, 11) is -4.55. The molecule has 0 saturated carbocycles. The van der Waals surface area contributed by atoms with Crippen molar-refractivity contribution in [3.8, 4) is 6.07 Å². The molecular formula is C16H22F3NO7S. The Labute approximate surface area is 161 Å². The van der Waals surface area contributed by atoms with E-state index in [-0.39, 0.29) is 25.7 Å². The number of halogens is 3. The van der Waals surface area contributed by atoms with E-state index in [4.69, 9.17) is 14.7 Å². The third-order valence-corrected chi connectivity index (χ3v) is 5.88. The summed E-state index contributed by atoms with van der Waals surface area (Å²) in [6.07, 6.45) is 0.259. The van der Waals surface area contributed by atoms with Gasteiger partial charge in [-0.2, -0.15) is 26.9 Å². The van der Waals surface area contributed by atoms with E-state index in [2.05, 4.69) is 8.92 Å². The van der Waals surface area contributed by atoms with Crippen LogP contribution in [0.2, 0.25) is 0 Å². The molecule has 0 amide bonds. The van der Waals surface area contributed by atoms with Gasteiger partial charge in [-0.05, 0) is 25.7 Å². The number of esters is 1. The monoisotopic (exact) mass is 429 g/mol. The molecule has 2 rings (SSSR count). The third-order valence-electron chi connectivity index (χ3n) is 4.89. The minimum absolute atomic E-state index is 0.0452. The third kappa shape index (κ3) is 5.34. The Balaban J connectivity index is 2.13. The van der Waals surface area contributed by atoms with Crippen molar-refractivity contribution in [1.82, 2.24) is 0 Å². The lowest BCUT2D eigenvalue weighted by atomic mass is 9.86.